The van der Waals surface area contributed by atoms with Gasteiger partial charge in [0.1, 0.15) is 5.82 Å². The summed E-state index contributed by atoms with van der Waals surface area (Å²) in [6.07, 6.45) is 1.93. The van der Waals surface area contributed by atoms with Gasteiger partial charge < -0.3 is 24.9 Å². The summed E-state index contributed by atoms with van der Waals surface area (Å²) in [6.45, 7) is 0.559. The van der Waals surface area contributed by atoms with Crippen molar-refractivity contribution in [2.45, 2.75) is 25.0 Å². The van der Waals surface area contributed by atoms with Crippen LogP contribution in [0.5, 0.6) is 0 Å². The number of carbonyl (C=O) groups excluding carboxylic acids is 2. The Morgan fingerprint density at radius 2 is 2.07 bits per heavy atom. The molecule has 4 rings (SSSR count). The first-order valence-corrected chi connectivity index (χ1v) is 9.02. The molecule has 10 heteroatoms. The zero-order chi connectivity index (χ0) is 20.2. The first kappa shape index (κ1) is 18.8. The Kier molecular flexibility index (Phi) is 5.34. The van der Waals surface area contributed by atoms with Crippen molar-refractivity contribution >= 4 is 11.8 Å². The highest BCUT2D eigenvalue weighted by atomic mass is 19.1. The van der Waals surface area contributed by atoms with Crippen LogP contribution in [0.2, 0.25) is 0 Å². The maximum Gasteiger partial charge on any atom is 0.293 e. The number of amides is 2. The number of hydrogen-bond acceptors (Lipinski definition) is 7. The van der Waals surface area contributed by atoms with Crippen molar-refractivity contribution in [2.75, 3.05) is 6.54 Å². The minimum Gasteiger partial charge on any atom is -0.459 e. The second-order valence-corrected chi connectivity index (χ2v) is 6.58. The van der Waals surface area contributed by atoms with Crippen LogP contribution in [0.3, 0.4) is 0 Å². The number of halogens is 1. The van der Waals surface area contributed by atoms with Gasteiger partial charge in [-0.1, -0.05) is 5.16 Å². The van der Waals surface area contributed by atoms with Crippen LogP contribution >= 0.6 is 0 Å². The predicted octanol–water partition coefficient (Wildman–Crippen LogP) is 1.25. The molecular weight excluding hydrogens is 381 g/mol. The van der Waals surface area contributed by atoms with E-state index in [1.165, 1.54) is 30.5 Å². The van der Waals surface area contributed by atoms with Crippen LogP contribution in [0.4, 0.5) is 4.39 Å². The summed E-state index contributed by atoms with van der Waals surface area (Å²) in [5.41, 5.74) is 0.365. The molecule has 2 atom stereocenters. The van der Waals surface area contributed by atoms with E-state index in [0.717, 1.165) is 0 Å². The van der Waals surface area contributed by atoms with Gasteiger partial charge in [0.25, 0.3) is 11.8 Å². The lowest BCUT2D eigenvalue weighted by molar-refractivity contribution is -0.123. The Bertz CT molecular complexity index is 986. The lowest BCUT2D eigenvalue weighted by Crippen LogP contribution is -2.40. The maximum absolute atomic E-state index is 13.0. The lowest BCUT2D eigenvalue weighted by Gasteiger charge is -2.12. The van der Waals surface area contributed by atoms with Crippen molar-refractivity contribution < 1.29 is 22.9 Å². The summed E-state index contributed by atoms with van der Waals surface area (Å²) < 4.78 is 23.2. The van der Waals surface area contributed by atoms with Gasteiger partial charge in [-0.05, 0) is 42.8 Å². The molecule has 3 aromatic rings. The van der Waals surface area contributed by atoms with Crippen LogP contribution < -0.4 is 16.0 Å². The number of nitrogens with zero attached hydrogens (tertiary/aromatic N) is 2. The first-order valence-electron chi connectivity index (χ1n) is 9.02. The van der Waals surface area contributed by atoms with Crippen LogP contribution in [-0.2, 0) is 11.3 Å². The molecule has 150 valence electrons. The summed E-state index contributed by atoms with van der Waals surface area (Å²) >= 11 is 0. The Morgan fingerprint density at radius 3 is 2.83 bits per heavy atom. The number of nitrogens with one attached hydrogen (secondary N) is 3. The second kappa shape index (κ2) is 8.23. The SMILES string of the molecule is O=C(N[C@H]1CN[C@H](C(=O)NCc2noc(-c3ccco3)n2)C1)c1ccc(F)cc1. The molecule has 2 aromatic heterocycles. The number of carbonyl (C=O) groups is 2. The Hall–Kier alpha value is -3.53. The van der Waals surface area contributed by atoms with Gasteiger partial charge in [-0.15, -0.1) is 0 Å². The van der Waals surface area contributed by atoms with Gasteiger partial charge in [0, 0.05) is 18.2 Å². The molecule has 1 aliphatic heterocycles. The van der Waals surface area contributed by atoms with Gasteiger partial charge in [0.15, 0.2) is 11.6 Å². The largest absolute Gasteiger partial charge is 0.459 e. The molecule has 0 aliphatic carbocycles. The Balaban J connectivity index is 1.25. The summed E-state index contributed by atoms with van der Waals surface area (Å²) in [5.74, 6) is 0.0692. The smallest absolute Gasteiger partial charge is 0.293 e. The van der Waals surface area contributed by atoms with E-state index in [9.17, 15) is 14.0 Å². The van der Waals surface area contributed by atoms with Crippen molar-refractivity contribution in [3.05, 3.63) is 59.9 Å². The summed E-state index contributed by atoms with van der Waals surface area (Å²) in [4.78, 5) is 28.7. The number of benzene rings is 1. The van der Waals surface area contributed by atoms with E-state index in [2.05, 4.69) is 26.1 Å². The van der Waals surface area contributed by atoms with Crippen molar-refractivity contribution in [3.8, 4) is 11.7 Å². The molecule has 3 N–H and O–H groups in total. The number of rotatable bonds is 6. The Labute approximate surface area is 164 Å². The topological polar surface area (TPSA) is 122 Å². The third kappa shape index (κ3) is 4.49. The van der Waals surface area contributed by atoms with Crippen molar-refractivity contribution in [1.82, 2.24) is 26.1 Å². The number of furan rings is 1. The van der Waals surface area contributed by atoms with Crippen molar-refractivity contribution in [2.24, 2.45) is 0 Å². The Morgan fingerprint density at radius 1 is 1.24 bits per heavy atom. The number of aromatic nitrogens is 2. The fourth-order valence-electron chi connectivity index (χ4n) is 3.03. The predicted molar refractivity (Wildman–Crippen MR) is 97.9 cm³/mol. The molecule has 2 amide bonds. The number of hydrogen-bond donors (Lipinski definition) is 3. The fraction of sp³-hybridized carbons (Fsp3) is 0.263. The second-order valence-electron chi connectivity index (χ2n) is 6.58. The molecule has 9 nitrogen and oxygen atoms in total. The molecule has 1 fully saturated rings. The van der Waals surface area contributed by atoms with Crippen LogP contribution in [0.15, 0.2) is 51.6 Å². The van der Waals surface area contributed by atoms with Gasteiger partial charge in [-0.2, -0.15) is 4.98 Å². The standard InChI is InChI=1S/C19H18FN5O4/c20-12-5-3-11(4-6-12)17(26)23-13-8-14(21-9-13)18(27)22-10-16-24-19(29-25-16)15-2-1-7-28-15/h1-7,13-14,21H,8-10H2,(H,22,27)(H,23,26)/t13-,14+/m1/s1. The van der Waals surface area contributed by atoms with Crippen molar-refractivity contribution in [3.63, 3.8) is 0 Å². The molecular formula is C19H18FN5O4. The van der Waals surface area contributed by atoms with Gasteiger partial charge in [-0.3, -0.25) is 9.59 Å². The van der Waals surface area contributed by atoms with E-state index < -0.39 is 11.9 Å². The molecule has 0 bridgehead atoms. The van der Waals surface area contributed by atoms with E-state index >= 15 is 0 Å². The van der Waals surface area contributed by atoms with E-state index in [1.807, 2.05) is 0 Å². The molecule has 0 radical (unpaired) electrons. The van der Waals surface area contributed by atoms with Crippen LogP contribution in [0.1, 0.15) is 22.6 Å². The summed E-state index contributed by atoms with van der Waals surface area (Å²) in [7, 11) is 0. The highest BCUT2D eigenvalue weighted by Crippen LogP contribution is 2.17. The maximum atomic E-state index is 13.0. The average Bonchev–Trinajstić information content (AvgIpc) is 3.47. The fourth-order valence-corrected chi connectivity index (χ4v) is 3.03. The lowest BCUT2D eigenvalue weighted by atomic mass is 10.1. The molecule has 3 heterocycles. The third-order valence-corrected chi connectivity index (χ3v) is 4.51. The quantitative estimate of drug-likeness (QED) is 0.570. The monoisotopic (exact) mass is 399 g/mol. The molecule has 0 saturated carbocycles. The van der Waals surface area contributed by atoms with Gasteiger partial charge in [0.05, 0.1) is 18.8 Å². The van der Waals surface area contributed by atoms with E-state index in [1.54, 1.807) is 12.1 Å². The van der Waals surface area contributed by atoms with Gasteiger partial charge >= 0.3 is 0 Å². The van der Waals surface area contributed by atoms with Crippen LogP contribution in [0, 0.1) is 5.82 Å². The molecule has 29 heavy (non-hydrogen) atoms. The molecule has 1 saturated heterocycles. The summed E-state index contributed by atoms with van der Waals surface area (Å²) in [5, 5.41) is 12.4. The zero-order valence-corrected chi connectivity index (χ0v) is 15.2. The molecule has 0 spiro atoms. The molecule has 1 aromatic carbocycles. The van der Waals surface area contributed by atoms with Crippen LogP contribution in [0.25, 0.3) is 11.7 Å². The van der Waals surface area contributed by atoms with Crippen LogP contribution in [-0.4, -0.2) is 40.6 Å². The average molecular weight is 399 g/mol. The molecule has 1 aliphatic rings. The minimum absolute atomic E-state index is 0.105. The molecule has 0 unspecified atom stereocenters. The highest BCUT2D eigenvalue weighted by molar-refractivity contribution is 5.94. The highest BCUT2D eigenvalue weighted by Gasteiger charge is 2.30. The van der Waals surface area contributed by atoms with Crippen molar-refractivity contribution in [1.29, 1.82) is 0 Å². The van der Waals surface area contributed by atoms with E-state index in [-0.39, 0.29) is 30.3 Å². The summed E-state index contributed by atoms with van der Waals surface area (Å²) in [6, 6.07) is 8.03. The first-order chi connectivity index (χ1) is 14.1. The van der Waals surface area contributed by atoms with Gasteiger partial charge in [-0.25, -0.2) is 4.39 Å². The van der Waals surface area contributed by atoms with Gasteiger partial charge in [0.2, 0.25) is 5.91 Å². The van der Waals surface area contributed by atoms with E-state index in [4.69, 9.17) is 8.94 Å². The normalized spacial score (nSPS) is 18.5. The van der Waals surface area contributed by atoms with E-state index in [0.29, 0.717) is 30.1 Å². The minimum atomic E-state index is -0.454. The zero-order valence-electron chi connectivity index (χ0n) is 15.2. The third-order valence-electron chi connectivity index (χ3n) is 4.51.